The Morgan fingerprint density at radius 2 is 1.89 bits per heavy atom. The Labute approximate surface area is 126 Å². The standard InChI is InChI=1S/C15H17BrO2S/c1-8-5-12(16)10(3)13(15(8)18-4)14(17)11-7-19-6-9(11)2/h5-7,14,17H,1-4H3. The average molecular weight is 341 g/mol. The molecule has 0 saturated carbocycles. The Morgan fingerprint density at radius 1 is 1.21 bits per heavy atom. The van der Waals surface area contributed by atoms with Crippen molar-refractivity contribution in [1.82, 2.24) is 0 Å². The van der Waals surface area contributed by atoms with Crippen molar-refractivity contribution in [3.8, 4) is 5.75 Å². The first-order valence-electron chi connectivity index (χ1n) is 6.01. The highest BCUT2D eigenvalue weighted by Crippen LogP contribution is 2.40. The van der Waals surface area contributed by atoms with Crippen molar-refractivity contribution in [2.75, 3.05) is 7.11 Å². The molecule has 0 amide bonds. The van der Waals surface area contributed by atoms with Crippen LogP contribution < -0.4 is 4.74 Å². The quantitative estimate of drug-likeness (QED) is 0.889. The highest BCUT2D eigenvalue weighted by molar-refractivity contribution is 9.10. The maximum absolute atomic E-state index is 10.7. The molecule has 19 heavy (non-hydrogen) atoms. The Bertz CT molecular complexity index is 604. The van der Waals surface area contributed by atoms with E-state index >= 15 is 0 Å². The summed E-state index contributed by atoms with van der Waals surface area (Å²) >= 11 is 5.15. The summed E-state index contributed by atoms with van der Waals surface area (Å²) in [7, 11) is 1.65. The summed E-state index contributed by atoms with van der Waals surface area (Å²) in [6, 6.07) is 2.02. The van der Waals surface area contributed by atoms with E-state index in [-0.39, 0.29) is 0 Å². The van der Waals surface area contributed by atoms with Gasteiger partial charge in [0.25, 0.3) is 0 Å². The van der Waals surface area contributed by atoms with Gasteiger partial charge in [-0.1, -0.05) is 15.9 Å². The van der Waals surface area contributed by atoms with Gasteiger partial charge in [-0.2, -0.15) is 11.3 Å². The van der Waals surface area contributed by atoms with E-state index in [1.165, 1.54) is 0 Å². The summed E-state index contributed by atoms with van der Waals surface area (Å²) in [4.78, 5) is 0. The third-order valence-corrected chi connectivity index (χ3v) is 5.08. The Morgan fingerprint density at radius 3 is 2.42 bits per heavy atom. The average Bonchev–Trinajstić information content (AvgIpc) is 2.79. The van der Waals surface area contributed by atoms with Crippen LogP contribution in [0.5, 0.6) is 5.75 Å². The summed E-state index contributed by atoms with van der Waals surface area (Å²) in [5, 5.41) is 14.8. The molecule has 2 rings (SSSR count). The van der Waals surface area contributed by atoms with Gasteiger partial charge in [0.1, 0.15) is 11.9 Å². The van der Waals surface area contributed by atoms with Gasteiger partial charge in [0, 0.05) is 10.0 Å². The van der Waals surface area contributed by atoms with Crippen LogP contribution in [-0.4, -0.2) is 12.2 Å². The normalized spacial score (nSPS) is 12.5. The molecule has 0 aliphatic rings. The van der Waals surface area contributed by atoms with Crippen LogP contribution in [0.2, 0.25) is 0 Å². The minimum Gasteiger partial charge on any atom is -0.496 e. The summed E-state index contributed by atoms with van der Waals surface area (Å²) < 4.78 is 6.49. The molecule has 0 spiro atoms. The first-order valence-corrected chi connectivity index (χ1v) is 7.75. The van der Waals surface area contributed by atoms with Crippen molar-refractivity contribution in [2.24, 2.45) is 0 Å². The molecule has 1 aromatic heterocycles. The van der Waals surface area contributed by atoms with E-state index in [0.717, 1.165) is 38.0 Å². The lowest BCUT2D eigenvalue weighted by Gasteiger charge is -2.20. The molecule has 0 saturated heterocycles. The van der Waals surface area contributed by atoms with E-state index in [4.69, 9.17) is 4.74 Å². The fourth-order valence-electron chi connectivity index (χ4n) is 2.28. The summed E-state index contributed by atoms with van der Waals surface area (Å²) in [5.74, 6) is 0.763. The molecule has 1 N–H and O–H groups in total. The number of aliphatic hydroxyl groups is 1. The second-order valence-corrected chi connectivity index (χ2v) is 6.26. The number of methoxy groups -OCH3 is 1. The van der Waals surface area contributed by atoms with Gasteiger partial charge in [-0.05, 0) is 59.9 Å². The Balaban J connectivity index is 2.64. The number of aryl methyl sites for hydroxylation is 2. The molecule has 2 aromatic rings. The molecule has 4 heteroatoms. The van der Waals surface area contributed by atoms with Gasteiger partial charge >= 0.3 is 0 Å². The predicted molar refractivity (Wildman–Crippen MR) is 83.3 cm³/mol. The molecule has 102 valence electrons. The zero-order chi connectivity index (χ0) is 14.2. The number of rotatable bonds is 3. The van der Waals surface area contributed by atoms with E-state index in [0.29, 0.717) is 0 Å². The van der Waals surface area contributed by atoms with Gasteiger partial charge in [-0.25, -0.2) is 0 Å². The van der Waals surface area contributed by atoms with Gasteiger partial charge < -0.3 is 9.84 Å². The number of benzene rings is 1. The molecule has 1 heterocycles. The molecular weight excluding hydrogens is 324 g/mol. The molecule has 0 radical (unpaired) electrons. The minimum absolute atomic E-state index is 0.655. The summed E-state index contributed by atoms with van der Waals surface area (Å²) in [5.41, 5.74) is 4.93. The van der Waals surface area contributed by atoms with Crippen LogP contribution in [0.15, 0.2) is 21.3 Å². The van der Waals surface area contributed by atoms with Crippen LogP contribution in [-0.2, 0) is 0 Å². The van der Waals surface area contributed by atoms with Crippen molar-refractivity contribution in [3.63, 3.8) is 0 Å². The van der Waals surface area contributed by atoms with E-state index in [1.54, 1.807) is 18.4 Å². The Kier molecular flexibility index (Phi) is 4.33. The molecule has 2 nitrogen and oxygen atoms in total. The number of hydrogen-bond donors (Lipinski definition) is 1. The van der Waals surface area contributed by atoms with Gasteiger partial charge in [0.2, 0.25) is 0 Å². The van der Waals surface area contributed by atoms with E-state index < -0.39 is 6.10 Å². The lowest BCUT2D eigenvalue weighted by Crippen LogP contribution is -2.07. The van der Waals surface area contributed by atoms with Crippen molar-refractivity contribution < 1.29 is 9.84 Å². The molecule has 0 bridgehead atoms. The smallest absolute Gasteiger partial charge is 0.128 e. The number of hydrogen-bond acceptors (Lipinski definition) is 3. The number of ether oxygens (including phenoxy) is 1. The monoisotopic (exact) mass is 340 g/mol. The van der Waals surface area contributed by atoms with Crippen molar-refractivity contribution in [3.05, 3.63) is 49.1 Å². The van der Waals surface area contributed by atoms with Gasteiger partial charge in [0.05, 0.1) is 7.11 Å². The van der Waals surface area contributed by atoms with Gasteiger partial charge in [0.15, 0.2) is 0 Å². The largest absolute Gasteiger partial charge is 0.496 e. The first-order chi connectivity index (χ1) is 8.97. The van der Waals surface area contributed by atoms with Crippen LogP contribution in [0.4, 0.5) is 0 Å². The van der Waals surface area contributed by atoms with Crippen molar-refractivity contribution in [2.45, 2.75) is 26.9 Å². The van der Waals surface area contributed by atoms with Crippen LogP contribution >= 0.6 is 27.3 Å². The molecule has 0 aliphatic heterocycles. The second kappa shape index (κ2) is 5.65. The van der Waals surface area contributed by atoms with Crippen LogP contribution in [0, 0.1) is 20.8 Å². The molecule has 0 fully saturated rings. The second-order valence-electron chi connectivity index (χ2n) is 4.66. The lowest BCUT2D eigenvalue weighted by molar-refractivity contribution is 0.213. The molecule has 1 unspecified atom stereocenters. The third kappa shape index (κ3) is 2.57. The maximum Gasteiger partial charge on any atom is 0.128 e. The molecule has 0 aliphatic carbocycles. The van der Waals surface area contributed by atoms with Crippen molar-refractivity contribution >= 4 is 27.3 Å². The zero-order valence-electron chi connectivity index (χ0n) is 11.5. The predicted octanol–water partition coefficient (Wildman–Crippen LogP) is 4.53. The maximum atomic E-state index is 10.7. The lowest BCUT2D eigenvalue weighted by atomic mass is 9.94. The number of aliphatic hydroxyl groups excluding tert-OH is 1. The molecule has 1 aromatic carbocycles. The van der Waals surface area contributed by atoms with Gasteiger partial charge in [-0.15, -0.1) is 0 Å². The van der Waals surface area contributed by atoms with Crippen LogP contribution in [0.1, 0.15) is 33.9 Å². The minimum atomic E-state index is -0.655. The fourth-order valence-corrected chi connectivity index (χ4v) is 3.71. The highest BCUT2D eigenvalue weighted by atomic mass is 79.9. The topological polar surface area (TPSA) is 29.5 Å². The zero-order valence-corrected chi connectivity index (χ0v) is 13.9. The summed E-state index contributed by atoms with van der Waals surface area (Å²) in [6.07, 6.45) is -0.655. The van der Waals surface area contributed by atoms with E-state index in [2.05, 4.69) is 15.9 Å². The van der Waals surface area contributed by atoms with E-state index in [1.807, 2.05) is 37.6 Å². The van der Waals surface area contributed by atoms with Crippen LogP contribution in [0.25, 0.3) is 0 Å². The van der Waals surface area contributed by atoms with E-state index in [9.17, 15) is 5.11 Å². The fraction of sp³-hybridized carbons (Fsp3) is 0.333. The highest BCUT2D eigenvalue weighted by Gasteiger charge is 2.23. The first kappa shape index (κ1) is 14.6. The van der Waals surface area contributed by atoms with Gasteiger partial charge in [-0.3, -0.25) is 0 Å². The number of thiophene rings is 1. The van der Waals surface area contributed by atoms with Crippen molar-refractivity contribution in [1.29, 1.82) is 0 Å². The van der Waals surface area contributed by atoms with Crippen LogP contribution in [0.3, 0.4) is 0 Å². The Hall–Kier alpha value is -0.840. The molecular formula is C15H17BrO2S. The molecule has 1 atom stereocenters. The SMILES string of the molecule is COc1c(C)cc(Br)c(C)c1C(O)c1cscc1C. The third-order valence-electron chi connectivity index (χ3n) is 3.38. The summed E-state index contributed by atoms with van der Waals surface area (Å²) in [6.45, 7) is 5.99. The number of halogens is 1.